The highest BCUT2D eigenvalue weighted by atomic mass is 32.8. The molecule has 2 aromatic rings. The van der Waals surface area contributed by atoms with Gasteiger partial charge in [0.1, 0.15) is 0 Å². The number of hydrogen-bond donors (Lipinski definition) is 0. The van der Waals surface area contributed by atoms with E-state index < -0.39 is 17.8 Å². The Hall–Kier alpha value is -2.51. The van der Waals surface area contributed by atoms with Gasteiger partial charge in [-0.2, -0.15) is 0 Å². The molecule has 1 heterocycles. The molecule has 0 saturated heterocycles. The molecule has 0 radical (unpaired) electrons. The Morgan fingerprint density at radius 1 is 0.846 bits per heavy atom. The standard InChI is InChI=1S/C19H17NO4.S2/c21-17(13-7-4-10-14-8-2-1-3-9-14)24-20-18(22)15-11-5-6-12-16(15)19(20)23;1-2/h1-3,5-6,8-9,11-12H,4,7,10,13H2;. The van der Waals surface area contributed by atoms with Crippen molar-refractivity contribution in [2.24, 2.45) is 0 Å². The van der Waals surface area contributed by atoms with Crippen LogP contribution in [0.25, 0.3) is 0 Å². The van der Waals surface area contributed by atoms with Gasteiger partial charge in [0.2, 0.25) is 0 Å². The van der Waals surface area contributed by atoms with E-state index in [2.05, 4.69) is 22.4 Å². The van der Waals surface area contributed by atoms with Crippen molar-refractivity contribution in [1.29, 1.82) is 0 Å². The molecule has 5 nitrogen and oxygen atoms in total. The zero-order valence-electron chi connectivity index (χ0n) is 13.9. The van der Waals surface area contributed by atoms with Gasteiger partial charge < -0.3 is 4.84 Å². The molecule has 0 fully saturated rings. The van der Waals surface area contributed by atoms with E-state index >= 15 is 0 Å². The molecule has 2 aromatic carbocycles. The van der Waals surface area contributed by atoms with Gasteiger partial charge in [-0.3, -0.25) is 9.59 Å². The van der Waals surface area contributed by atoms with E-state index in [1.807, 2.05) is 30.3 Å². The van der Waals surface area contributed by atoms with Gasteiger partial charge in [0.15, 0.2) is 0 Å². The molecule has 0 atom stereocenters. The highest BCUT2D eigenvalue weighted by Crippen LogP contribution is 2.23. The Morgan fingerprint density at radius 2 is 1.38 bits per heavy atom. The van der Waals surface area contributed by atoms with Crippen molar-refractivity contribution >= 4 is 40.2 Å². The number of rotatable bonds is 6. The van der Waals surface area contributed by atoms with E-state index in [0.717, 1.165) is 12.8 Å². The van der Waals surface area contributed by atoms with Crippen LogP contribution in [0.1, 0.15) is 45.5 Å². The number of carbonyl (C=O) groups excluding carboxylic acids is 3. The monoisotopic (exact) mass is 387 g/mol. The SMILES string of the molecule is O=C(CCCCc1ccccc1)ON1C(=O)c2ccccc2C1=O.S=S. The van der Waals surface area contributed by atoms with Gasteiger partial charge in [-0.1, -0.05) is 47.5 Å². The Balaban J connectivity index is 0.00000117. The summed E-state index contributed by atoms with van der Waals surface area (Å²) in [5.74, 6) is -1.75. The summed E-state index contributed by atoms with van der Waals surface area (Å²) in [7, 11) is 0. The second kappa shape index (κ2) is 9.84. The number of benzene rings is 2. The third-order valence-electron chi connectivity index (χ3n) is 3.89. The lowest BCUT2D eigenvalue weighted by Crippen LogP contribution is -2.32. The molecular formula is C19H17NO4S2. The van der Waals surface area contributed by atoms with Gasteiger partial charge in [-0.15, -0.1) is 0 Å². The van der Waals surface area contributed by atoms with Crippen LogP contribution in [0.3, 0.4) is 0 Å². The maximum Gasteiger partial charge on any atom is 0.333 e. The van der Waals surface area contributed by atoms with E-state index in [1.54, 1.807) is 24.3 Å². The first-order valence-electron chi connectivity index (χ1n) is 8.06. The van der Waals surface area contributed by atoms with Crippen LogP contribution in [0, 0.1) is 0 Å². The third-order valence-corrected chi connectivity index (χ3v) is 3.89. The van der Waals surface area contributed by atoms with Crippen molar-refractivity contribution in [2.75, 3.05) is 0 Å². The van der Waals surface area contributed by atoms with E-state index in [1.165, 1.54) is 5.56 Å². The third kappa shape index (κ3) is 4.77. The van der Waals surface area contributed by atoms with Gasteiger partial charge in [-0.25, -0.2) is 4.79 Å². The number of nitrogens with zero attached hydrogens (tertiary/aromatic N) is 1. The minimum absolute atomic E-state index is 0.167. The number of amides is 2. The summed E-state index contributed by atoms with van der Waals surface area (Å²) in [4.78, 5) is 41.0. The molecule has 0 saturated carbocycles. The fourth-order valence-corrected chi connectivity index (χ4v) is 2.64. The van der Waals surface area contributed by atoms with Crippen molar-refractivity contribution < 1.29 is 19.2 Å². The molecule has 0 unspecified atom stereocenters. The van der Waals surface area contributed by atoms with Crippen molar-refractivity contribution in [3.8, 4) is 0 Å². The second-order valence-corrected chi connectivity index (χ2v) is 5.61. The zero-order chi connectivity index (χ0) is 18.9. The quantitative estimate of drug-likeness (QED) is 0.560. The first kappa shape index (κ1) is 19.8. The lowest BCUT2D eigenvalue weighted by Gasteiger charge is -2.12. The normalized spacial score (nSPS) is 12.2. The highest BCUT2D eigenvalue weighted by molar-refractivity contribution is 8.07. The van der Waals surface area contributed by atoms with Gasteiger partial charge in [0.05, 0.1) is 11.1 Å². The summed E-state index contributed by atoms with van der Waals surface area (Å²) in [6, 6.07) is 16.4. The van der Waals surface area contributed by atoms with Crippen LogP contribution < -0.4 is 0 Å². The van der Waals surface area contributed by atoms with Crippen molar-refractivity contribution in [3.05, 3.63) is 71.3 Å². The number of imide groups is 1. The number of aryl methyl sites for hydroxylation is 1. The zero-order valence-corrected chi connectivity index (χ0v) is 15.6. The largest absolute Gasteiger partial charge is 0.333 e. The molecule has 0 bridgehead atoms. The highest BCUT2D eigenvalue weighted by Gasteiger charge is 2.38. The number of unbranched alkanes of at least 4 members (excludes halogenated alkanes) is 1. The van der Waals surface area contributed by atoms with Crippen molar-refractivity contribution in [2.45, 2.75) is 25.7 Å². The van der Waals surface area contributed by atoms with Crippen LogP contribution in [0.4, 0.5) is 0 Å². The van der Waals surface area contributed by atoms with Crippen molar-refractivity contribution in [1.82, 2.24) is 5.06 Å². The maximum absolute atomic E-state index is 12.1. The van der Waals surface area contributed by atoms with Crippen LogP contribution >= 0.6 is 0 Å². The van der Waals surface area contributed by atoms with Gasteiger partial charge in [0, 0.05) is 28.8 Å². The molecule has 0 spiro atoms. The summed E-state index contributed by atoms with van der Waals surface area (Å²) in [6.45, 7) is 0. The summed E-state index contributed by atoms with van der Waals surface area (Å²) in [5, 5.41) is 0.560. The molecular weight excluding hydrogens is 370 g/mol. The molecule has 3 rings (SSSR count). The van der Waals surface area contributed by atoms with E-state index in [0.29, 0.717) is 11.5 Å². The van der Waals surface area contributed by atoms with Crippen LogP contribution in [-0.2, 0) is 38.4 Å². The van der Waals surface area contributed by atoms with Gasteiger partial charge in [0.25, 0.3) is 11.8 Å². The van der Waals surface area contributed by atoms with Gasteiger partial charge in [-0.05, 0) is 37.0 Å². The first-order valence-corrected chi connectivity index (χ1v) is 9.39. The van der Waals surface area contributed by atoms with Crippen LogP contribution in [-0.4, -0.2) is 22.8 Å². The second-order valence-electron chi connectivity index (χ2n) is 5.61. The molecule has 1 aliphatic rings. The van der Waals surface area contributed by atoms with Gasteiger partial charge >= 0.3 is 5.97 Å². The number of hydroxylamine groups is 2. The number of carbonyl (C=O) groups is 3. The molecule has 1 aliphatic heterocycles. The van der Waals surface area contributed by atoms with Crippen LogP contribution in [0.15, 0.2) is 54.6 Å². The maximum atomic E-state index is 12.1. The minimum Gasteiger partial charge on any atom is -0.330 e. The Kier molecular flexibility index (Phi) is 7.50. The van der Waals surface area contributed by atoms with E-state index in [9.17, 15) is 14.4 Å². The number of hydrogen-bond acceptors (Lipinski definition) is 6. The summed E-state index contributed by atoms with van der Waals surface area (Å²) in [5.41, 5.74) is 1.74. The average Bonchev–Trinajstić information content (AvgIpc) is 2.93. The Bertz CT molecular complexity index is 760. The van der Waals surface area contributed by atoms with E-state index in [4.69, 9.17) is 4.84 Å². The van der Waals surface area contributed by atoms with Crippen LogP contribution in [0.5, 0.6) is 0 Å². The minimum atomic E-state index is -0.590. The molecule has 7 heteroatoms. The topological polar surface area (TPSA) is 63.7 Å². The lowest BCUT2D eigenvalue weighted by atomic mass is 10.1. The fraction of sp³-hybridized carbons (Fsp3) is 0.211. The van der Waals surface area contributed by atoms with Crippen LogP contribution in [0.2, 0.25) is 0 Å². The molecule has 134 valence electrons. The summed E-state index contributed by atoms with van der Waals surface area (Å²) in [6.07, 6.45) is 2.51. The average molecular weight is 387 g/mol. The summed E-state index contributed by atoms with van der Waals surface area (Å²) < 4.78 is 0. The van der Waals surface area contributed by atoms with Crippen molar-refractivity contribution in [3.63, 3.8) is 0 Å². The molecule has 0 N–H and O–H groups in total. The molecule has 2 amide bonds. The lowest BCUT2D eigenvalue weighted by molar-refractivity contribution is -0.168. The predicted octanol–water partition coefficient (Wildman–Crippen LogP) is 3.15. The van der Waals surface area contributed by atoms with E-state index in [-0.39, 0.29) is 17.5 Å². The summed E-state index contributed by atoms with van der Waals surface area (Å²) >= 11 is 7.33. The Labute approximate surface area is 161 Å². The Morgan fingerprint density at radius 3 is 1.96 bits per heavy atom. The predicted molar refractivity (Wildman–Crippen MR) is 102 cm³/mol. The smallest absolute Gasteiger partial charge is 0.330 e. The number of fused-ring (bicyclic) bond motifs is 1. The molecule has 0 aromatic heterocycles. The first-order chi connectivity index (χ1) is 12.7. The molecule has 26 heavy (non-hydrogen) atoms. The fourth-order valence-electron chi connectivity index (χ4n) is 2.64. The molecule has 0 aliphatic carbocycles.